The maximum atomic E-state index is 12.3. The molecule has 0 N–H and O–H groups in total. The van der Waals surface area contributed by atoms with Gasteiger partial charge in [0.05, 0.1) is 10.8 Å². The van der Waals surface area contributed by atoms with E-state index in [2.05, 4.69) is 4.98 Å². The second-order valence-corrected chi connectivity index (χ2v) is 9.37. The summed E-state index contributed by atoms with van der Waals surface area (Å²) in [5.41, 5.74) is 0.992. The number of benzene rings is 1. The molecule has 0 aliphatic heterocycles. The van der Waals surface area contributed by atoms with Gasteiger partial charge in [0.25, 0.3) is 0 Å². The number of amides is 1. The van der Waals surface area contributed by atoms with Crippen molar-refractivity contribution in [3.8, 4) is 0 Å². The standard InChI is InChI=1S/C17H20ClN3O3S2/c1-20(2)26(23,24)15-8-9-16(19-10-15)25-12-17(22)21(3)11-13-4-6-14(18)7-5-13/h4-10H,11-12H2,1-3H3. The quantitative estimate of drug-likeness (QED) is 0.652. The number of hydrogen-bond donors (Lipinski definition) is 0. The van der Waals surface area contributed by atoms with Crippen LogP contribution in [-0.4, -0.2) is 55.4 Å². The van der Waals surface area contributed by atoms with Crippen molar-refractivity contribution < 1.29 is 13.2 Å². The lowest BCUT2D eigenvalue weighted by Gasteiger charge is -2.17. The van der Waals surface area contributed by atoms with Gasteiger partial charge in [0.2, 0.25) is 15.9 Å². The third-order valence-corrected chi connectivity index (χ3v) is 6.57. The summed E-state index contributed by atoms with van der Waals surface area (Å²) in [7, 11) is 1.17. The summed E-state index contributed by atoms with van der Waals surface area (Å²) in [6.45, 7) is 0.490. The van der Waals surface area contributed by atoms with E-state index >= 15 is 0 Å². The number of carbonyl (C=O) groups excluding carboxylic acids is 1. The van der Waals surface area contributed by atoms with Crippen LogP contribution in [0, 0.1) is 0 Å². The molecule has 1 aromatic carbocycles. The molecule has 26 heavy (non-hydrogen) atoms. The van der Waals surface area contributed by atoms with Crippen molar-refractivity contribution >= 4 is 39.3 Å². The molecule has 0 aliphatic carbocycles. The van der Waals surface area contributed by atoms with Crippen LogP contribution < -0.4 is 0 Å². The van der Waals surface area contributed by atoms with Crippen LogP contribution in [0.1, 0.15) is 5.56 Å². The lowest BCUT2D eigenvalue weighted by Crippen LogP contribution is -2.27. The zero-order chi connectivity index (χ0) is 19.3. The molecular weight excluding hydrogens is 394 g/mol. The first-order chi connectivity index (χ1) is 12.2. The van der Waals surface area contributed by atoms with E-state index in [1.165, 1.54) is 38.1 Å². The molecule has 0 unspecified atom stereocenters. The van der Waals surface area contributed by atoms with E-state index in [1.54, 1.807) is 30.1 Å². The van der Waals surface area contributed by atoms with Crippen LogP contribution in [0.3, 0.4) is 0 Å². The molecule has 1 amide bonds. The first kappa shape index (κ1) is 20.7. The molecule has 0 spiro atoms. The van der Waals surface area contributed by atoms with E-state index < -0.39 is 10.0 Å². The first-order valence-electron chi connectivity index (χ1n) is 7.70. The van der Waals surface area contributed by atoms with Gasteiger partial charge in [-0.25, -0.2) is 17.7 Å². The van der Waals surface area contributed by atoms with Gasteiger partial charge in [-0.05, 0) is 29.8 Å². The SMILES string of the molecule is CN(Cc1ccc(Cl)cc1)C(=O)CSc1ccc(S(=O)(=O)N(C)C)cn1. The topological polar surface area (TPSA) is 70.6 Å². The zero-order valence-corrected chi connectivity index (χ0v) is 17.1. The summed E-state index contributed by atoms with van der Waals surface area (Å²) in [4.78, 5) is 18.1. The number of nitrogens with zero attached hydrogens (tertiary/aromatic N) is 3. The number of thioether (sulfide) groups is 1. The molecule has 0 aliphatic rings. The van der Waals surface area contributed by atoms with E-state index in [0.29, 0.717) is 16.6 Å². The van der Waals surface area contributed by atoms with Crippen molar-refractivity contribution in [2.24, 2.45) is 0 Å². The molecule has 0 saturated carbocycles. The lowest BCUT2D eigenvalue weighted by molar-refractivity contribution is -0.127. The highest BCUT2D eigenvalue weighted by Crippen LogP contribution is 2.19. The Morgan fingerprint density at radius 3 is 2.31 bits per heavy atom. The van der Waals surface area contributed by atoms with Gasteiger partial charge in [-0.3, -0.25) is 4.79 Å². The highest BCUT2D eigenvalue weighted by atomic mass is 35.5. The normalized spacial score (nSPS) is 11.6. The Balaban J connectivity index is 1.91. The fraction of sp³-hybridized carbons (Fsp3) is 0.294. The summed E-state index contributed by atoms with van der Waals surface area (Å²) < 4.78 is 25.1. The summed E-state index contributed by atoms with van der Waals surface area (Å²) >= 11 is 7.12. The maximum absolute atomic E-state index is 12.3. The predicted octanol–water partition coefficient (Wildman–Crippen LogP) is 2.74. The van der Waals surface area contributed by atoms with E-state index in [0.717, 1.165) is 9.87 Å². The van der Waals surface area contributed by atoms with Gasteiger partial charge in [-0.2, -0.15) is 0 Å². The molecule has 0 saturated heterocycles. The number of sulfonamides is 1. The molecule has 2 rings (SSSR count). The molecule has 9 heteroatoms. The highest BCUT2D eigenvalue weighted by Gasteiger charge is 2.17. The summed E-state index contributed by atoms with van der Waals surface area (Å²) in [5, 5.41) is 1.25. The third kappa shape index (κ3) is 5.44. The highest BCUT2D eigenvalue weighted by molar-refractivity contribution is 7.99. The van der Waals surface area contributed by atoms with E-state index in [-0.39, 0.29) is 16.6 Å². The minimum Gasteiger partial charge on any atom is -0.341 e. The largest absolute Gasteiger partial charge is 0.341 e. The van der Waals surface area contributed by atoms with Gasteiger partial charge in [-0.1, -0.05) is 35.5 Å². The molecule has 1 heterocycles. The number of carbonyl (C=O) groups is 1. The number of aromatic nitrogens is 1. The van der Waals surface area contributed by atoms with Gasteiger partial charge in [0.15, 0.2) is 0 Å². The minimum absolute atomic E-state index is 0.0447. The molecule has 0 bridgehead atoms. The Morgan fingerprint density at radius 1 is 1.12 bits per heavy atom. The summed E-state index contributed by atoms with van der Waals surface area (Å²) in [5.74, 6) is 0.174. The Morgan fingerprint density at radius 2 is 1.77 bits per heavy atom. The van der Waals surface area contributed by atoms with Crippen molar-refractivity contribution in [3.05, 3.63) is 53.2 Å². The third-order valence-electron chi connectivity index (χ3n) is 3.59. The molecule has 0 fully saturated rings. The molecule has 0 radical (unpaired) electrons. The van der Waals surface area contributed by atoms with Crippen LogP contribution >= 0.6 is 23.4 Å². The summed E-state index contributed by atoms with van der Waals surface area (Å²) in [6, 6.07) is 10.4. The van der Waals surface area contributed by atoms with Gasteiger partial charge in [-0.15, -0.1) is 0 Å². The minimum atomic E-state index is -3.50. The van der Waals surface area contributed by atoms with Gasteiger partial charge in [0, 0.05) is 38.9 Å². The first-order valence-corrected chi connectivity index (χ1v) is 10.5. The van der Waals surface area contributed by atoms with Crippen molar-refractivity contribution in [1.29, 1.82) is 0 Å². The predicted molar refractivity (Wildman–Crippen MR) is 104 cm³/mol. The average Bonchev–Trinajstić information content (AvgIpc) is 2.61. The number of hydrogen-bond acceptors (Lipinski definition) is 5. The van der Waals surface area contributed by atoms with Crippen LogP contribution in [0.4, 0.5) is 0 Å². The number of pyridine rings is 1. The second kappa shape index (κ2) is 8.85. The van der Waals surface area contributed by atoms with Crippen LogP contribution in [-0.2, 0) is 21.4 Å². The maximum Gasteiger partial charge on any atom is 0.244 e. The molecule has 140 valence electrons. The van der Waals surface area contributed by atoms with Crippen LogP contribution in [0.15, 0.2) is 52.5 Å². The Kier molecular flexibility index (Phi) is 7.05. The zero-order valence-electron chi connectivity index (χ0n) is 14.7. The average molecular weight is 414 g/mol. The summed E-state index contributed by atoms with van der Waals surface area (Å²) in [6.07, 6.45) is 1.31. The van der Waals surface area contributed by atoms with Crippen molar-refractivity contribution in [2.75, 3.05) is 26.9 Å². The van der Waals surface area contributed by atoms with Crippen LogP contribution in [0.2, 0.25) is 5.02 Å². The second-order valence-electron chi connectivity index (χ2n) is 5.78. The molecular formula is C17H20ClN3O3S2. The van der Waals surface area contributed by atoms with Crippen molar-refractivity contribution in [2.45, 2.75) is 16.5 Å². The molecule has 1 aromatic heterocycles. The van der Waals surface area contributed by atoms with Crippen molar-refractivity contribution in [1.82, 2.24) is 14.2 Å². The van der Waals surface area contributed by atoms with Gasteiger partial charge >= 0.3 is 0 Å². The number of rotatable bonds is 7. The fourth-order valence-corrected chi connectivity index (χ4v) is 3.77. The smallest absolute Gasteiger partial charge is 0.244 e. The lowest BCUT2D eigenvalue weighted by atomic mass is 10.2. The van der Waals surface area contributed by atoms with E-state index in [9.17, 15) is 13.2 Å². The van der Waals surface area contributed by atoms with Gasteiger partial charge in [0.1, 0.15) is 4.90 Å². The monoisotopic (exact) mass is 413 g/mol. The Bertz CT molecular complexity index is 854. The Labute approximate surface area is 163 Å². The number of halogens is 1. The van der Waals surface area contributed by atoms with Crippen LogP contribution in [0.5, 0.6) is 0 Å². The fourth-order valence-electron chi connectivity index (χ4n) is 2.01. The Hall–Kier alpha value is -1.61. The molecule has 2 aromatic rings. The van der Waals surface area contributed by atoms with Crippen molar-refractivity contribution in [3.63, 3.8) is 0 Å². The van der Waals surface area contributed by atoms with E-state index in [1.807, 2.05) is 12.1 Å². The van der Waals surface area contributed by atoms with Crippen LogP contribution in [0.25, 0.3) is 0 Å². The van der Waals surface area contributed by atoms with E-state index in [4.69, 9.17) is 11.6 Å². The van der Waals surface area contributed by atoms with Gasteiger partial charge < -0.3 is 4.90 Å². The molecule has 6 nitrogen and oxygen atoms in total. The molecule has 0 atom stereocenters.